The molecule has 5 amide bonds. The Balaban J connectivity index is 5.96. The summed E-state index contributed by atoms with van der Waals surface area (Å²) in [4.78, 5) is 108. The number of carbonyl (C=O) groups is 9. The highest BCUT2D eigenvalue weighted by molar-refractivity contribution is 5.96. The highest BCUT2D eigenvalue weighted by Crippen LogP contribution is 2.06. The van der Waals surface area contributed by atoms with Gasteiger partial charge in [-0.05, 0) is 33.1 Å². The summed E-state index contributed by atoms with van der Waals surface area (Å²) >= 11 is 0. The lowest BCUT2D eigenvalue weighted by Crippen LogP contribution is -2.59. The number of hydrogen-bond donors (Lipinski definition) is 11. The Morgan fingerprint density at radius 2 is 0.841 bits per heavy atom. The van der Waals surface area contributed by atoms with Gasteiger partial charge in [0.15, 0.2) is 0 Å². The van der Waals surface area contributed by atoms with Crippen molar-refractivity contribution in [3.8, 4) is 0 Å². The molecular formula is C24H38N6O14. The molecule has 0 heterocycles. The third kappa shape index (κ3) is 15.4. The van der Waals surface area contributed by atoms with Gasteiger partial charge in [0, 0.05) is 19.3 Å². The van der Waals surface area contributed by atoms with Crippen LogP contribution in [-0.4, -0.2) is 122 Å². The number of nitrogens with one attached hydrogen (secondary N) is 5. The first-order chi connectivity index (χ1) is 20.4. The van der Waals surface area contributed by atoms with Crippen LogP contribution in [0.2, 0.25) is 0 Å². The molecule has 0 radical (unpaired) electrons. The Kier molecular flexibility index (Phi) is 17.2. The lowest BCUT2D eigenvalue weighted by Gasteiger charge is -2.26. The fourth-order valence-corrected chi connectivity index (χ4v) is 3.30. The monoisotopic (exact) mass is 634 g/mol. The molecule has 0 unspecified atom stereocenters. The zero-order valence-electron chi connectivity index (χ0n) is 23.9. The third-order valence-electron chi connectivity index (χ3n) is 5.85. The van der Waals surface area contributed by atoms with Crippen LogP contribution < -0.4 is 32.3 Å². The minimum atomic E-state index is -1.70. The van der Waals surface area contributed by atoms with E-state index in [1.54, 1.807) is 0 Å². The molecule has 0 saturated heterocycles. The van der Waals surface area contributed by atoms with Crippen molar-refractivity contribution < 1.29 is 68.7 Å². The molecule has 44 heavy (non-hydrogen) atoms. The van der Waals surface area contributed by atoms with Crippen LogP contribution >= 0.6 is 0 Å². The lowest BCUT2D eigenvalue weighted by molar-refractivity contribution is -0.142. The molecule has 0 aromatic carbocycles. The maximum absolute atomic E-state index is 13.1. The molecule has 0 bridgehead atoms. The van der Waals surface area contributed by atoms with E-state index >= 15 is 0 Å². The molecule has 0 spiro atoms. The van der Waals surface area contributed by atoms with Gasteiger partial charge < -0.3 is 57.9 Å². The molecule has 20 nitrogen and oxygen atoms in total. The number of carboxylic acid groups (broad SMARTS) is 4. The molecule has 0 aliphatic heterocycles. The Hall–Kier alpha value is -4.85. The van der Waals surface area contributed by atoms with Crippen molar-refractivity contribution in [1.29, 1.82) is 0 Å². The second-order valence-corrected chi connectivity index (χ2v) is 9.57. The number of carbonyl (C=O) groups excluding carboxylic acids is 5. The van der Waals surface area contributed by atoms with Gasteiger partial charge in [-0.1, -0.05) is 0 Å². The van der Waals surface area contributed by atoms with Crippen molar-refractivity contribution in [3.05, 3.63) is 0 Å². The van der Waals surface area contributed by atoms with Crippen LogP contribution in [0.4, 0.5) is 0 Å². The van der Waals surface area contributed by atoms with Gasteiger partial charge in [0.05, 0.1) is 6.61 Å². The Morgan fingerprint density at radius 3 is 1.16 bits per heavy atom. The van der Waals surface area contributed by atoms with Crippen molar-refractivity contribution in [2.75, 3.05) is 6.61 Å². The first-order valence-corrected chi connectivity index (χ1v) is 13.2. The van der Waals surface area contributed by atoms with Crippen molar-refractivity contribution in [2.24, 2.45) is 5.73 Å². The maximum Gasteiger partial charge on any atom is 0.325 e. The number of aliphatic hydroxyl groups excluding tert-OH is 1. The van der Waals surface area contributed by atoms with Crippen LogP contribution in [-0.2, 0) is 43.2 Å². The molecule has 6 atom stereocenters. The van der Waals surface area contributed by atoms with E-state index in [9.17, 15) is 43.2 Å². The smallest absolute Gasteiger partial charge is 0.325 e. The second-order valence-electron chi connectivity index (χ2n) is 9.57. The van der Waals surface area contributed by atoms with Gasteiger partial charge in [0.2, 0.25) is 29.5 Å². The van der Waals surface area contributed by atoms with E-state index in [0.29, 0.717) is 0 Å². The first kappa shape index (κ1) is 39.1. The molecule has 0 aromatic rings. The summed E-state index contributed by atoms with van der Waals surface area (Å²) in [7, 11) is 0. The molecule has 0 aliphatic rings. The predicted molar refractivity (Wildman–Crippen MR) is 144 cm³/mol. The average molecular weight is 635 g/mol. The molecule has 12 N–H and O–H groups in total. The van der Waals surface area contributed by atoms with Gasteiger partial charge in [-0.2, -0.15) is 0 Å². The van der Waals surface area contributed by atoms with Gasteiger partial charge in [0.1, 0.15) is 36.3 Å². The highest BCUT2D eigenvalue weighted by atomic mass is 16.4. The Labute approximate surface area is 250 Å². The molecule has 0 fully saturated rings. The zero-order chi connectivity index (χ0) is 34.1. The minimum Gasteiger partial charge on any atom is -0.481 e. The van der Waals surface area contributed by atoms with E-state index in [2.05, 4.69) is 26.6 Å². The standard InChI is InChI=1S/C24H38N6O14/c1-10(19(38)27-11(2)24(43)44)26-21(40)13(3-6-16(32)33)29-23(42)15(5-8-18(36)37)30-22(41)14(4-7-17(34)35)28-20(39)12(25)9-31/h10-15,31H,3-9,25H2,1-2H3,(H,26,40)(H,27,38)(H,28,39)(H,29,42)(H,30,41)(H,32,33)(H,34,35)(H,36,37)(H,43,44)/t10-,11-,12-,13-,14-,15-/m0/s1. The number of aliphatic carboxylic acids is 4. The van der Waals surface area contributed by atoms with Crippen molar-refractivity contribution in [3.63, 3.8) is 0 Å². The molecule has 248 valence electrons. The topological polar surface area (TPSA) is 341 Å². The zero-order valence-corrected chi connectivity index (χ0v) is 23.9. The van der Waals surface area contributed by atoms with Crippen LogP contribution in [0.1, 0.15) is 52.4 Å². The van der Waals surface area contributed by atoms with E-state index in [1.165, 1.54) is 6.92 Å². The van der Waals surface area contributed by atoms with Crippen LogP contribution in [0, 0.1) is 0 Å². The average Bonchev–Trinajstić information content (AvgIpc) is 2.93. The van der Waals surface area contributed by atoms with Crippen molar-refractivity contribution in [2.45, 2.75) is 88.6 Å². The van der Waals surface area contributed by atoms with Crippen molar-refractivity contribution >= 4 is 53.4 Å². The van der Waals surface area contributed by atoms with E-state index in [-0.39, 0.29) is 0 Å². The van der Waals surface area contributed by atoms with Crippen LogP contribution in [0.15, 0.2) is 0 Å². The van der Waals surface area contributed by atoms with Crippen LogP contribution in [0.3, 0.4) is 0 Å². The summed E-state index contributed by atoms with van der Waals surface area (Å²) in [6.45, 7) is 1.53. The number of hydrogen-bond acceptors (Lipinski definition) is 11. The summed E-state index contributed by atoms with van der Waals surface area (Å²) in [6, 6.07) is -9.08. The quantitative estimate of drug-likeness (QED) is 0.0566. The van der Waals surface area contributed by atoms with E-state index in [1.807, 2.05) is 0 Å². The minimum absolute atomic E-state index is 0.498. The molecule has 0 saturated carbocycles. The largest absolute Gasteiger partial charge is 0.481 e. The summed E-state index contributed by atoms with van der Waals surface area (Å²) in [6.07, 6.45) is -3.57. The van der Waals surface area contributed by atoms with Gasteiger partial charge >= 0.3 is 23.9 Å². The summed E-state index contributed by atoms with van der Waals surface area (Å²) in [5.41, 5.74) is 5.40. The second kappa shape index (κ2) is 19.4. The van der Waals surface area contributed by atoms with Gasteiger partial charge in [-0.3, -0.25) is 43.2 Å². The third-order valence-corrected chi connectivity index (χ3v) is 5.85. The first-order valence-electron chi connectivity index (χ1n) is 13.2. The fourth-order valence-electron chi connectivity index (χ4n) is 3.30. The number of rotatable bonds is 21. The Bertz CT molecular complexity index is 1100. The number of aliphatic hydroxyl groups is 1. The normalized spacial score (nSPS) is 14.7. The highest BCUT2D eigenvalue weighted by Gasteiger charge is 2.32. The van der Waals surface area contributed by atoms with E-state index in [0.717, 1.165) is 6.92 Å². The van der Waals surface area contributed by atoms with Crippen LogP contribution in [0.25, 0.3) is 0 Å². The summed E-state index contributed by atoms with van der Waals surface area (Å²) in [5, 5.41) is 55.9. The number of amides is 5. The van der Waals surface area contributed by atoms with E-state index in [4.69, 9.17) is 31.3 Å². The molecule has 0 rings (SSSR count). The summed E-state index contributed by atoms with van der Waals surface area (Å²) < 4.78 is 0. The number of nitrogens with two attached hydrogens (primary N) is 1. The van der Waals surface area contributed by atoms with E-state index < -0.39 is 135 Å². The summed E-state index contributed by atoms with van der Waals surface area (Å²) in [5.74, 6) is -10.8. The molecule has 20 heteroatoms. The maximum atomic E-state index is 13.1. The molecule has 0 aromatic heterocycles. The van der Waals surface area contributed by atoms with Crippen molar-refractivity contribution in [1.82, 2.24) is 26.6 Å². The fraction of sp³-hybridized carbons (Fsp3) is 0.625. The Morgan fingerprint density at radius 1 is 0.523 bits per heavy atom. The SMILES string of the molecule is C[C@H](NC(=O)[C@H](C)NC(=O)[C@H](CCC(=O)O)NC(=O)[C@H](CCC(=O)O)NC(=O)[C@H](CCC(=O)O)NC(=O)[C@@H](N)CO)C(=O)O. The van der Waals surface area contributed by atoms with Crippen LogP contribution in [0.5, 0.6) is 0 Å². The van der Waals surface area contributed by atoms with Gasteiger partial charge in [0.25, 0.3) is 0 Å². The predicted octanol–water partition coefficient (Wildman–Crippen LogP) is -4.55. The molecular weight excluding hydrogens is 596 g/mol. The van der Waals surface area contributed by atoms with Gasteiger partial charge in [-0.15, -0.1) is 0 Å². The lowest BCUT2D eigenvalue weighted by atomic mass is 10.1. The molecule has 0 aliphatic carbocycles. The van der Waals surface area contributed by atoms with Gasteiger partial charge in [-0.25, -0.2) is 0 Å². The number of carboxylic acids is 4.